The van der Waals surface area contributed by atoms with E-state index in [1.165, 1.54) is 6.42 Å². The number of β-amino-alcohol motifs (C(OH)–C–C–N with tert-alkyl or cyclic N) is 1. The number of likely N-dealkylation sites (tertiary alicyclic amines) is 1. The molecule has 0 unspecified atom stereocenters. The van der Waals surface area contributed by atoms with Crippen molar-refractivity contribution < 1.29 is 5.11 Å². The maximum atomic E-state index is 9.68. The summed E-state index contributed by atoms with van der Waals surface area (Å²) >= 11 is 0. The molecular weight excluding hydrogens is 126 g/mol. The van der Waals surface area contributed by atoms with Crippen molar-refractivity contribution in [1.82, 2.24) is 4.90 Å². The summed E-state index contributed by atoms with van der Waals surface area (Å²) in [5, 5.41) is 9.68. The van der Waals surface area contributed by atoms with Crippen molar-refractivity contribution in [3.05, 3.63) is 0 Å². The number of likely N-dealkylation sites (N-methyl/N-ethyl adjacent to an activating group) is 1. The number of rotatable bonds is 0. The van der Waals surface area contributed by atoms with Crippen LogP contribution in [0.1, 0.15) is 26.2 Å². The molecule has 1 aliphatic heterocycles. The van der Waals surface area contributed by atoms with E-state index >= 15 is 0 Å². The molecule has 1 heterocycles. The molecule has 2 nitrogen and oxygen atoms in total. The zero-order valence-electron chi connectivity index (χ0n) is 6.93. The first-order valence-corrected chi connectivity index (χ1v) is 4.01. The molecule has 1 saturated heterocycles. The van der Waals surface area contributed by atoms with Crippen molar-refractivity contribution in [2.45, 2.75) is 31.8 Å². The predicted octanol–water partition coefficient (Wildman–Crippen LogP) is 0.853. The first-order valence-electron chi connectivity index (χ1n) is 4.01. The van der Waals surface area contributed by atoms with Crippen molar-refractivity contribution in [1.29, 1.82) is 0 Å². The van der Waals surface area contributed by atoms with Crippen LogP contribution in [0.5, 0.6) is 0 Å². The minimum Gasteiger partial charge on any atom is -0.389 e. The third-order valence-electron chi connectivity index (χ3n) is 2.12. The lowest BCUT2D eigenvalue weighted by atomic mass is 10.0. The van der Waals surface area contributed by atoms with Gasteiger partial charge >= 0.3 is 0 Å². The Morgan fingerprint density at radius 2 is 2.10 bits per heavy atom. The highest BCUT2D eigenvalue weighted by Gasteiger charge is 2.24. The normalized spacial score (nSPS) is 37.5. The van der Waals surface area contributed by atoms with Gasteiger partial charge in [0.1, 0.15) is 0 Å². The van der Waals surface area contributed by atoms with Crippen LogP contribution >= 0.6 is 0 Å². The summed E-state index contributed by atoms with van der Waals surface area (Å²) in [7, 11) is 2.07. The van der Waals surface area contributed by atoms with E-state index in [1.807, 2.05) is 6.92 Å². The Bertz CT molecular complexity index is 112. The van der Waals surface area contributed by atoms with Crippen molar-refractivity contribution in [3.63, 3.8) is 0 Å². The quantitative estimate of drug-likeness (QED) is 0.543. The van der Waals surface area contributed by atoms with Gasteiger partial charge in [0.05, 0.1) is 5.60 Å². The molecule has 0 aromatic rings. The molecule has 1 rings (SSSR count). The summed E-state index contributed by atoms with van der Waals surface area (Å²) in [5.74, 6) is 0. The lowest BCUT2D eigenvalue weighted by molar-refractivity contribution is 0.0301. The highest BCUT2D eigenvalue weighted by Crippen LogP contribution is 2.18. The van der Waals surface area contributed by atoms with Crippen LogP contribution in [0.3, 0.4) is 0 Å². The Hall–Kier alpha value is -0.0800. The van der Waals surface area contributed by atoms with Gasteiger partial charge in [0, 0.05) is 6.54 Å². The van der Waals surface area contributed by atoms with Crippen LogP contribution in [0.15, 0.2) is 0 Å². The number of nitrogens with zero attached hydrogens (tertiary/aromatic N) is 1. The molecule has 0 aromatic carbocycles. The first kappa shape index (κ1) is 8.02. The predicted molar refractivity (Wildman–Crippen MR) is 42.0 cm³/mol. The van der Waals surface area contributed by atoms with Crippen LogP contribution in [-0.2, 0) is 0 Å². The van der Waals surface area contributed by atoms with Crippen LogP contribution < -0.4 is 0 Å². The topological polar surface area (TPSA) is 23.5 Å². The summed E-state index contributed by atoms with van der Waals surface area (Å²) < 4.78 is 0. The van der Waals surface area contributed by atoms with Gasteiger partial charge in [-0.2, -0.15) is 0 Å². The van der Waals surface area contributed by atoms with Gasteiger partial charge in [0.2, 0.25) is 0 Å². The van der Waals surface area contributed by atoms with Gasteiger partial charge in [0.25, 0.3) is 0 Å². The van der Waals surface area contributed by atoms with E-state index in [0.29, 0.717) is 0 Å². The molecule has 10 heavy (non-hydrogen) atoms. The molecule has 0 amide bonds. The van der Waals surface area contributed by atoms with E-state index in [-0.39, 0.29) is 0 Å². The second kappa shape index (κ2) is 2.89. The van der Waals surface area contributed by atoms with Gasteiger partial charge in [-0.05, 0) is 39.8 Å². The lowest BCUT2D eigenvalue weighted by Gasteiger charge is -2.24. The summed E-state index contributed by atoms with van der Waals surface area (Å²) in [6, 6.07) is 0. The van der Waals surface area contributed by atoms with E-state index in [1.54, 1.807) is 0 Å². The Morgan fingerprint density at radius 1 is 1.40 bits per heavy atom. The average Bonchev–Trinajstić information content (AvgIpc) is 1.90. The molecule has 0 radical (unpaired) electrons. The zero-order chi connectivity index (χ0) is 7.61. The minimum absolute atomic E-state index is 0.439. The molecular formula is C8H17NO. The van der Waals surface area contributed by atoms with E-state index < -0.39 is 5.60 Å². The SMILES string of the molecule is CN1CCCC[C@@](C)(O)C1. The highest BCUT2D eigenvalue weighted by molar-refractivity contribution is 4.79. The van der Waals surface area contributed by atoms with Crippen LogP contribution in [0.2, 0.25) is 0 Å². The van der Waals surface area contributed by atoms with Crippen LogP contribution in [0, 0.1) is 0 Å². The molecule has 1 N–H and O–H groups in total. The molecule has 60 valence electrons. The molecule has 0 aliphatic carbocycles. The van der Waals surface area contributed by atoms with E-state index in [4.69, 9.17) is 0 Å². The maximum Gasteiger partial charge on any atom is 0.0746 e. The zero-order valence-corrected chi connectivity index (χ0v) is 6.93. The monoisotopic (exact) mass is 143 g/mol. The smallest absolute Gasteiger partial charge is 0.0746 e. The standard InChI is InChI=1S/C8H17NO/c1-8(10)5-3-4-6-9(2)7-8/h10H,3-7H2,1-2H3/t8-/m1/s1. The fourth-order valence-electron chi connectivity index (χ4n) is 1.63. The van der Waals surface area contributed by atoms with Gasteiger partial charge in [-0.1, -0.05) is 0 Å². The average molecular weight is 143 g/mol. The van der Waals surface area contributed by atoms with Crippen molar-refractivity contribution in [3.8, 4) is 0 Å². The molecule has 1 aliphatic rings. The fourth-order valence-corrected chi connectivity index (χ4v) is 1.63. The van der Waals surface area contributed by atoms with Crippen LogP contribution in [0.4, 0.5) is 0 Å². The third kappa shape index (κ3) is 2.27. The Labute approximate surface area is 62.8 Å². The molecule has 0 aromatic heterocycles. The fraction of sp³-hybridized carbons (Fsp3) is 1.00. The second-order valence-electron chi connectivity index (χ2n) is 3.69. The molecule has 0 saturated carbocycles. The minimum atomic E-state index is -0.439. The number of hydrogen-bond donors (Lipinski definition) is 1. The van der Waals surface area contributed by atoms with Crippen LogP contribution in [0.25, 0.3) is 0 Å². The van der Waals surface area contributed by atoms with Gasteiger partial charge < -0.3 is 10.0 Å². The van der Waals surface area contributed by atoms with Crippen molar-refractivity contribution in [2.75, 3.05) is 20.1 Å². The van der Waals surface area contributed by atoms with Gasteiger partial charge in [-0.25, -0.2) is 0 Å². The Kier molecular flexibility index (Phi) is 2.32. The summed E-state index contributed by atoms with van der Waals surface area (Å²) in [6.07, 6.45) is 3.35. The first-order chi connectivity index (χ1) is 4.60. The summed E-state index contributed by atoms with van der Waals surface area (Å²) in [4.78, 5) is 2.20. The largest absolute Gasteiger partial charge is 0.389 e. The van der Waals surface area contributed by atoms with E-state index in [9.17, 15) is 5.11 Å². The molecule has 2 heteroatoms. The molecule has 1 atom stereocenters. The summed E-state index contributed by atoms with van der Waals surface area (Å²) in [5.41, 5.74) is -0.439. The van der Waals surface area contributed by atoms with Gasteiger partial charge in [-0.3, -0.25) is 0 Å². The third-order valence-corrected chi connectivity index (χ3v) is 2.12. The van der Waals surface area contributed by atoms with Crippen molar-refractivity contribution in [2.24, 2.45) is 0 Å². The van der Waals surface area contributed by atoms with Crippen molar-refractivity contribution >= 4 is 0 Å². The summed E-state index contributed by atoms with van der Waals surface area (Å²) in [6.45, 7) is 3.89. The lowest BCUT2D eigenvalue weighted by Crippen LogP contribution is -2.36. The second-order valence-corrected chi connectivity index (χ2v) is 3.69. The number of hydrogen-bond acceptors (Lipinski definition) is 2. The van der Waals surface area contributed by atoms with E-state index in [0.717, 1.165) is 25.9 Å². The Morgan fingerprint density at radius 3 is 2.80 bits per heavy atom. The van der Waals surface area contributed by atoms with E-state index in [2.05, 4.69) is 11.9 Å². The molecule has 1 fully saturated rings. The molecule has 0 spiro atoms. The molecule has 0 bridgehead atoms. The number of aliphatic hydroxyl groups is 1. The highest BCUT2D eigenvalue weighted by atomic mass is 16.3. The van der Waals surface area contributed by atoms with Gasteiger partial charge in [0.15, 0.2) is 0 Å². The van der Waals surface area contributed by atoms with Crippen LogP contribution in [-0.4, -0.2) is 35.7 Å². The Balaban J connectivity index is 2.46. The van der Waals surface area contributed by atoms with Gasteiger partial charge in [-0.15, -0.1) is 0 Å². The maximum absolute atomic E-state index is 9.68.